The van der Waals surface area contributed by atoms with Crippen LogP contribution in [0.4, 0.5) is 0 Å². The van der Waals surface area contributed by atoms with Gasteiger partial charge in [0.25, 0.3) is 0 Å². The summed E-state index contributed by atoms with van der Waals surface area (Å²) in [5.41, 5.74) is -2.00. The molecule has 0 radical (unpaired) electrons. The minimum atomic E-state index is -0.941. The van der Waals surface area contributed by atoms with Crippen LogP contribution in [0.1, 0.15) is 32.6 Å². The van der Waals surface area contributed by atoms with Crippen molar-refractivity contribution in [2.45, 2.75) is 74.3 Å². The molecule has 13 atom stereocenters. The quantitative estimate of drug-likeness (QED) is 0.662. The number of β-amino-alcohol motifs (C(OH)–C–C–N with tert-alkyl or cyclic N) is 1. The van der Waals surface area contributed by atoms with Gasteiger partial charge < -0.3 is 29.2 Å². The molecule has 176 valence electrons. The first-order chi connectivity index (χ1) is 14.9. The Morgan fingerprint density at radius 3 is 2.32 bits per heavy atom. The van der Waals surface area contributed by atoms with Crippen LogP contribution >= 0.6 is 0 Å². The normalized spacial score (nSPS) is 61.6. The molecule has 1 saturated heterocycles. The first kappa shape index (κ1) is 21.3. The number of piperidine rings is 1. The fourth-order valence-corrected chi connectivity index (χ4v) is 10.6. The van der Waals surface area contributed by atoms with Gasteiger partial charge in [0, 0.05) is 76.5 Å². The molecule has 7 nitrogen and oxygen atoms in total. The van der Waals surface area contributed by atoms with Gasteiger partial charge in [0.1, 0.15) is 0 Å². The fraction of sp³-hybridized carbons (Fsp3) is 1.00. The number of fused-ring (bicyclic) bond motifs is 2. The lowest BCUT2D eigenvalue weighted by Gasteiger charge is -2.68. The van der Waals surface area contributed by atoms with Crippen LogP contribution in [0.3, 0.4) is 0 Å². The van der Waals surface area contributed by atoms with E-state index in [0.29, 0.717) is 13.0 Å². The molecule has 0 aromatic carbocycles. The van der Waals surface area contributed by atoms with Gasteiger partial charge in [-0.1, -0.05) is 6.92 Å². The average Bonchev–Trinajstić information content (AvgIpc) is 3.22. The molecule has 6 aliphatic rings. The summed E-state index contributed by atoms with van der Waals surface area (Å²) in [6.45, 7) is 3.69. The van der Waals surface area contributed by atoms with Crippen LogP contribution in [-0.4, -0.2) is 98.3 Å². The van der Waals surface area contributed by atoms with Crippen molar-refractivity contribution in [1.82, 2.24) is 4.90 Å². The number of likely N-dealkylation sites (N-methyl/N-ethyl adjacent to an activating group) is 1. The molecule has 5 saturated carbocycles. The van der Waals surface area contributed by atoms with Crippen molar-refractivity contribution < 1.29 is 29.2 Å². The zero-order chi connectivity index (χ0) is 21.9. The van der Waals surface area contributed by atoms with Gasteiger partial charge in [-0.2, -0.15) is 0 Å². The van der Waals surface area contributed by atoms with Crippen molar-refractivity contribution in [2.75, 3.05) is 41.5 Å². The van der Waals surface area contributed by atoms with Crippen LogP contribution in [0.15, 0.2) is 0 Å². The van der Waals surface area contributed by atoms with Crippen molar-refractivity contribution in [3.05, 3.63) is 0 Å². The van der Waals surface area contributed by atoms with E-state index >= 15 is 0 Å². The molecule has 1 spiro atoms. The maximum atomic E-state index is 12.6. The van der Waals surface area contributed by atoms with Gasteiger partial charge in [0.05, 0.1) is 35.6 Å². The van der Waals surface area contributed by atoms with Crippen LogP contribution < -0.4 is 0 Å². The molecule has 7 heteroatoms. The highest BCUT2D eigenvalue weighted by molar-refractivity contribution is 5.36. The Balaban J connectivity index is 1.64. The number of aliphatic hydroxyl groups is 2. The maximum Gasteiger partial charge on any atom is 0.0835 e. The van der Waals surface area contributed by atoms with Crippen LogP contribution in [0.5, 0.6) is 0 Å². The standard InChI is InChI=1S/C24H39NO6/c1-6-25-11-22(26)8-7-15(29-3)24-13-9-12-14(28-2)10-23(27,16(13)18(12)30-4)17(21(24)25)19(31-5)20(22)24/h12-21,26-27H,6-11H2,1-5H3/t12-,13-,14+,15+,16-,17+,18+,19-,20-,21-,22-,23-,24+/m1/s1. The molecule has 1 aliphatic heterocycles. The van der Waals surface area contributed by atoms with E-state index in [2.05, 4.69) is 11.8 Å². The van der Waals surface area contributed by atoms with E-state index in [9.17, 15) is 10.2 Å². The smallest absolute Gasteiger partial charge is 0.0835 e. The Labute approximate surface area is 185 Å². The minimum absolute atomic E-state index is 0.0228. The number of ether oxygens (including phenoxy) is 4. The summed E-state index contributed by atoms with van der Waals surface area (Å²) in [6, 6.07) is 0.135. The molecular formula is C24H39NO6. The second-order valence-electron chi connectivity index (χ2n) is 11.3. The van der Waals surface area contributed by atoms with Gasteiger partial charge in [0.2, 0.25) is 0 Å². The number of hydrogen-bond donors (Lipinski definition) is 2. The number of likely N-dealkylation sites (tertiary alicyclic amines) is 1. The maximum absolute atomic E-state index is 12.6. The minimum Gasteiger partial charge on any atom is -0.389 e. The first-order valence-electron chi connectivity index (χ1n) is 12.2. The van der Waals surface area contributed by atoms with Crippen LogP contribution in [0.2, 0.25) is 0 Å². The van der Waals surface area contributed by atoms with E-state index in [1.165, 1.54) is 0 Å². The van der Waals surface area contributed by atoms with Gasteiger partial charge in [-0.15, -0.1) is 0 Å². The fourth-order valence-electron chi connectivity index (χ4n) is 10.6. The van der Waals surface area contributed by atoms with Crippen LogP contribution in [-0.2, 0) is 18.9 Å². The number of hydrogen-bond acceptors (Lipinski definition) is 7. The zero-order valence-electron chi connectivity index (χ0n) is 19.5. The van der Waals surface area contributed by atoms with Crippen molar-refractivity contribution in [3.8, 4) is 0 Å². The molecule has 31 heavy (non-hydrogen) atoms. The lowest BCUT2D eigenvalue weighted by molar-refractivity contribution is -0.285. The van der Waals surface area contributed by atoms with Gasteiger partial charge in [-0.25, -0.2) is 0 Å². The van der Waals surface area contributed by atoms with E-state index in [-0.39, 0.29) is 65.5 Å². The van der Waals surface area contributed by atoms with E-state index in [1.54, 1.807) is 21.3 Å². The summed E-state index contributed by atoms with van der Waals surface area (Å²) < 4.78 is 24.6. The Morgan fingerprint density at radius 2 is 1.71 bits per heavy atom. The Bertz CT molecular complexity index is 752. The molecule has 6 fully saturated rings. The predicted octanol–water partition coefficient (Wildman–Crippen LogP) is 0.909. The second kappa shape index (κ2) is 6.65. The molecule has 5 aliphatic carbocycles. The van der Waals surface area contributed by atoms with E-state index in [0.717, 1.165) is 25.8 Å². The molecule has 0 unspecified atom stereocenters. The number of rotatable bonds is 5. The third-order valence-corrected chi connectivity index (χ3v) is 11.0. The van der Waals surface area contributed by atoms with E-state index in [1.807, 2.05) is 7.11 Å². The average molecular weight is 438 g/mol. The molecular weight excluding hydrogens is 398 g/mol. The Morgan fingerprint density at radius 1 is 0.968 bits per heavy atom. The summed E-state index contributed by atoms with van der Waals surface area (Å²) in [6.07, 6.45) is 2.94. The van der Waals surface area contributed by atoms with Crippen LogP contribution in [0, 0.1) is 35.0 Å². The molecule has 1 heterocycles. The summed E-state index contributed by atoms with van der Waals surface area (Å²) >= 11 is 0. The highest BCUT2D eigenvalue weighted by Crippen LogP contribution is 2.78. The molecule has 0 amide bonds. The van der Waals surface area contributed by atoms with Crippen LogP contribution in [0.25, 0.3) is 0 Å². The molecule has 7 bridgehead atoms. The third-order valence-electron chi connectivity index (χ3n) is 11.0. The van der Waals surface area contributed by atoms with E-state index < -0.39 is 11.2 Å². The predicted molar refractivity (Wildman–Crippen MR) is 112 cm³/mol. The summed E-state index contributed by atoms with van der Waals surface area (Å²) in [5.74, 6) is 0.379. The summed E-state index contributed by atoms with van der Waals surface area (Å²) in [4.78, 5) is 2.45. The van der Waals surface area contributed by atoms with Gasteiger partial charge >= 0.3 is 0 Å². The largest absolute Gasteiger partial charge is 0.389 e. The Hall–Kier alpha value is -0.280. The highest BCUT2D eigenvalue weighted by Gasteiger charge is 2.86. The lowest BCUT2D eigenvalue weighted by Crippen LogP contribution is -2.77. The molecule has 0 aromatic heterocycles. The van der Waals surface area contributed by atoms with Crippen molar-refractivity contribution in [1.29, 1.82) is 0 Å². The van der Waals surface area contributed by atoms with Crippen molar-refractivity contribution in [3.63, 3.8) is 0 Å². The monoisotopic (exact) mass is 437 g/mol. The van der Waals surface area contributed by atoms with Crippen molar-refractivity contribution in [2.24, 2.45) is 35.0 Å². The SMILES string of the molecule is CCN1C[C@]2(O)CC[C@H](OC)[C@@]34[C@@H]5C[C@H]6[C@H](OC)[C@@H]5[C@](O)(C[C@@H]6OC)[C@@H]([C@@H](OC)[C@H]23)[C@@H]14. The topological polar surface area (TPSA) is 80.6 Å². The molecule has 2 N–H and O–H groups in total. The van der Waals surface area contributed by atoms with Gasteiger partial charge in [-0.05, 0) is 31.7 Å². The highest BCUT2D eigenvalue weighted by atomic mass is 16.5. The lowest BCUT2D eigenvalue weighted by atomic mass is 9.45. The molecule has 6 rings (SSSR count). The summed E-state index contributed by atoms with van der Waals surface area (Å²) in [5, 5.41) is 24.7. The Kier molecular flexibility index (Phi) is 4.56. The number of methoxy groups -OCH3 is 4. The van der Waals surface area contributed by atoms with Gasteiger partial charge in [0.15, 0.2) is 0 Å². The van der Waals surface area contributed by atoms with Gasteiger partial charge in [-0.3, -0.25) is 4.90 Å². The first-order valence-corrected chi connectivity index (χ1v) is 12.2. The zero-order valence-corrected chi connectivity index (χ0v) is 19.5. The molecule has 0 aromatic rings. The third kappa shape index (κ3) is 2.12. The van der Waals surface area contributed by atoms with Crippen molar-refractivity contribution >= 4 is 0 Å². The van der Waals surface area contributed by atoms with E-state index in [4.69, 9.17) is 18.9 Å². The second-order valence-corrected chi connectivity index (χ2v) is 11.3. The number of nitrogens with zero attached hydrogens (tertiary/aromatic N) is 1. The summed E-state index contributed by atoms with van der Waals surface area (Å²) in [7, 11) is 7.14.